The van der Waals surface area contributed by atoms with Crippen LogP contribution < -0.4 is 5.73 Å². The van der Waals surface area contributed by atoms with Crippen LogP contribution in [0.15, 0.2) is 36.5 Å². The molecule has 3 nitrogen and oxygen atoms in total. The van der Waals surface area contributed by atoms with E-state index in [0.29, 0.717) is 0 Å². The fourth-order valence-corrected chi connectivity index (χ4v) is 2.73. The molecule has 2 aromatic rings. The van der Waals surface area contributed by atoms with Crippen LogP contribution in [0.4, 0.5) is 0 Å². The molecule has 1 heterocycles. The zero-order valence-corrected chi connectivity index (χ0v) is 10.3. The van der Waals surface area contributed by atoms with Gasteiger partial charge in [0.05, 0.1) is 11.1 Å². The average Bonchev–Trinajstić information content (AvgIpc) is 2.42. The largest absolute Gasteiger partial charge is 0.385 e. The summed E-state index contributed by atoms with van der Waals surface area (Å²) in [5, 5.41) is 11.8. The predicted octanol–water partition coefficient (Wildman–Crippen LogP) is 2.32. The van der Waals surface area contributed by atoms with E-state index >= 15 is 0 Å². The molecule has 0 unspecified atom stereocenters. The Morgan fingerprint density at radius 3 is 2.72 bits per heavy atom. The van der Waals surface area contributed by atoms with Crippen molar-refractivity contribution in [3.8, 4) is 0 Å². The lowest BCUT2D eigenvalue weighted by Crippen LogP contribution is -2.36. The van der Waals surface area contributed by atoms with Crippen molar-refractivity contribution >= 4 is 10.9 Å². The third kappa shape index (κ3) is 2.00. The van der Waals surface area contributed by atoms with E-state index in [-0.39, 0.29) is 6.04 Å². The van der Waals surface area contributed by atoms with E-state index in [4.69, 9.17) is 5.73 Å². The Balaban J connectivity index is 1.98. The van der Waals surface area contributed by atoms with E-state index in [9.17, 15) is 5.11 Å². The number of pyridine rings is 1. The summed E-state index contributed by atoms with van der Waals surface area (Å²) in [5.74, 6) is 0. The van der Waals surface area contributed by atoms with Gasteiger partial charge in [-0.2, -0.15) is 0 Å². The smallest absolute Gasteiger partial charge is 0.0912 e. The predicted molar refractivity (Wildman–Crippen MR) is 72.1 cm³/mol. The normalized spacial score (nSPS) is 28.4. The van der Waals surface area contributed by atoms with E-state index in [2.05, 4.69) is 11.1 Å². The maximum atomic E-state index is 10.7. The Bertz CT molecular complexity index is 559. The topological polar surface area (TPSA) is 59.1 Å². The van der Waals surface area contributed by atoms with Crippen LogP contribution in [-0.2, 0) is 5.60 Å². The third-order valence-corrected chi connectivity index (χ3v) is 3.99. The van der Waals surface area contributed by atoms with Crippen LogP contribution in [0.3, 0.4) is 0 Å². The summed E-state index contributed by atoms with van der Waals surface area (Å²) in [7, 11) is 0. The number of hydrogen-bond acceptors (Lipinski definition) is 3. The minimum atomic E-state index is -0.743. The monoisotopic (exact) mass is 242 g/mol. The Labute approximate surface area is 107 Å². The van der Waals surface area contributed by atoms with Crippen molar-refractivity contribution in [1.82, 2.24) is 4.98 Å². The molecule has 3 rings (SSSR count). The van der Waals surface area contributed by atoms with Gasteiger partial charge in [-0.25, -0.2) is 0 Å². The first kappa shape index (κ1) is 11.6. The van der Waals surface area contributed by atoms with Crippen molar-refractivity contribution in [2.45, 2.75) is 37.3 Å². The minimum absolute atomic E-state index is 0.235. The first-order valence-electron chi connectivity index (χ1n) is 6.51. The number of nitrogens with zero attached hydrogens (tertiary/aromatic N) is 1. The van der Waals surface area contributed by atoms with E-state index in [0.717, 1.165) is 42.1 Å². The summed E-state index contributed by atoms with van der Waals surface area (Å²) in [6.45, 7) is 0. The summed E-state index contributed by atoms with van der Waals surface area (Å²) >= 11 is 0. The third-order valence-electron chi connectivity index (χ3n) is 3.99. The number of nitrogens with two attached hydrogens (primary N) is 1. The maximum absolute atomic E-state index is 10.7. The molecule has 0 saturated heterocycles. The van der Waals surface area contributed by atoms with Gasteiger partial charge in [0.25, 0.3) is 0 Å². The standard InChI is InChI=1S/C15H18N2O/c16-13-5-7-15(18,8-6-13)12-9-11-3-1-2-4-14(11)17-10-12/h1-4,9-10,13,18H,5-8,16H2. The van der Waals surface area contributed by atoms with Crippen LogP contribution in [0, 0.1) is 0 Å². The van der Waals surface area contributed by atoms with Gasteiger partial charge in [-0.15, -0.1) is 0 Å². The Morgan fingerprint density at radius 1 is 1.22 bits per heavy atom. The van der Waals surface area contributed by atoms with Crippen molar-refractivity contribution in [3.05, 3.63) is 42.1 Å². The van der Waals surface area contributed by atoms with Gasteiger partial charge in [0.15, 0.2) is 0 Å². The lowest BCUT2D eigenvalue weighted by molar-refractivity contribution is -0.00511. The molecule has 94 valence electrons. The summed E-state index contributed by atoms with van der Waals surface area (Å²) in [6.07, 6.45) is 5.02. The Kier molecular flexibility index (Phi) is 2.80. The van der Waals surface area contributed by atoms with Crippen LogP contribution in [0.25, 0.3) is 10.9 Å². The second-order valence-electron chi connectivity index (χ2n) is 5.29. The molecule has 3 heteroatoms. The SMILES string of the molecule is NC1CCC(O)(c2cnc3ccccc3c2)CC1. The highest BCUT2D eigenvalue weighted by Gasteiger charge is 2.34. The number of hydrogen-bond donors (Lipinski definition) is 2. The number of aromatic nitrogens is 1. The molecule has 3 N–H and O–H groups in total. The minimum Gasteiger partial charge on any atom is -0.385 e. The molecule has 0 aliphatic heterocycles. The lowest BCUT2D eigenvalue weighted by atomic mass is 9.78. The average molecular weight is 242 g/mol. The van der Waals surface area contributed by atoms with Gasteiger partial charge < -0.3 is 10.8 Å². The highest BCUT2D eigenvalue weighted by Crippen LogP contribution is 2.37. The first-order valence-corrected chi connectivity index (χ1v) is 6.51. The molecule has 0 radical (unpaired) electrons. The van der Waals surface area contributed by atoms with Crippen molar-refractivity contribution in [3.63, 3.8) is 0 Å². The lowest BCUT2D eigenvalue weighted by Gasteiger charge is -2.35. The molecule has 18 heavy (non-hydrogen) atoms. The molecule has 1 aliphatic carbocycles. The van der Waals surface area contributed by atoms with Crippen LogP contribution >= 0.6 is 0 Å². The molecule has 0 bridgehead atoms. The molecular weight excluding hydrogens is 224 g/mol. The number of fused-ring (bicyclic) bond motifs is 1. The molecule has 1 fully saturated rings. The summed E-state index contributed by atoms with van der Waals surface area (Å²) in [5.41, 5.74) is 7.05. The van der Waals surface area contributed by atoms with E-state index in [1.807, 2.05) is 24.3 Å². The van der Waals surface area contributed by atoms with Gasteiger partial charge in [0.2, 0.25) is 0 Å². The van der Waals surface area contributed by atoms with Crippen LogP contribution in [0.1, 0.15) is 31.2 Å². The zero-order chi connectivity index (χ0) is 12.6. The van der Waals surface area contributed by atoms with Crippen LogP contribution in [0.2, 0.25) is 0 Å². The molecule has 0 amide bonds. The molecule has 1 aliphatic rings. The number of para-hydroxylation sites is 1. The van der Waals surface area contributed by atoms with E-state index in [1.54, 1.807) is 6.20 Å². The number of rotatable bonds is 1. The summed E-state index contributed by atoms with van der Waals surface area (Å²) in [6, 6.07) is 10.3. The van der Waals surface area contributed by atoms with Gasteiger partial charge in [0, 0.05) is 23.2 Å². The van der Waals surface area contributed by atoms with Gasteiger partial charge in [-0.05, 0) is 37.8 Å². The molecule has 1 aromatic carbocycles. The quantitative estimate of drug-likeness (QED) is 0.806. The van der Waals surface area contributed by atoms with Crippen LogP contribution in [0.5, 0.6) is 0 Å². The second-order valence-corrected chi connectivity index (χ2v) is 5.29. The van der Waals surface area contributed by atoms with Gasteiger partial charge in [-0.1, -0.05) is 18.2 Å². The highest BCUT2D eigenvalue weighted by atomic mass is 16.3. The molecule has 1 aromatic heterocycles. The maximum Gasteiger partial charge on any atom is 0.0912 e. The molecule has 1 saturated carbocycles. The van der Waals surface area contributed by atoms with Crippen molar-refractivity contribution < 1.29 is 5.11 Å². The zero-order valence-electron chi connectivity index (χ0n) is 10.3. The van der Waals surface area contributed by atoms with Crippen molar-refractivity contribution in [2.24, 2.45) is 5.73 Å². The highest BCUT2D eigenvalue weighted by molar-refractivity contribution is 5.78. The Hall–Kier alpha value is -1.45. The van der Waals surface area contributed by atoms with Gasteiger partial charge in [0.1, 0.15) is 0 Å². The fourth-order valence-electron chi connectivity index (χ4n) is 2.73. The van der Waals surface area contributed by atoms with Crippen molar-refractivity contribution in [2.75, 3.05) is 0 Å². The summed E-state index contributed by atoms with van der Waals surface area (Å²) in [4.78, 5) is 4.43. The van der Waals surface area contributed by atoms with Gasteiger partial charge >= 0.3 is 0 Å². The fraction of sp³-hybridized carbons (Fsp3) is 0.400. The van der Waals surface area contributed by atoms with Crippen molar-refractivity contribution in [1.29, 1.82) is 0 Å². The molecule has 0 atom stereocenters. The van der Waals surface area contributed by atoms with E-state index in [1.165, 1.54) is 0 Å². The first-order chi connectivity index (χ1) is 8.67. The van der Waals surface area contributed by atoms with Gasteiger partial charge in [-0.3, -0.25) is 4.98 Å². The number of aliphatic hydroxyl groups is 1. The molecule has 0 spiro atoms. The van der Waals surface area contributed by atoms with E-state index < -0.39 is 5.60 Å². The second kappa shape index (κ2) is 4.34. The summed E-state index contributed by atoms with van der Waals surface area (Å²) < 4.78 is 0. The van der Waals surface area contributed by atoms with Crippen LogP contribution in [-0.4, -0.2) is 16.1 Å². The Morgan fingerprint density at radius 2 is 1.94 bits per heavy atom. The molecular formula is C15H18N2O. The number of benzene rings is 1.